The number of phosphoric ester groups is 1. The third kappa shape index (κ3) is 41.7. The largest absolute Gasteiger partial charge is 0.472 e. The highest BCUT2D eigenvalue weighted by Crippen LogP contribution is 2.43. The number of ether oxygens (including phenoxy) is 2. The Balaban J connectivity index is 4.65. The SMILES string of the molecule is CC/C=C\C[C@H](O)/C=C/C=C\C/C=C\C=C\[C@H](O)/C=C\CCCC(=O)O[C@H](COC(=O)CCC/C=C\C/C=C\C/C=C\CCCCCCCC)COP(=O)(O)OC[C@@H](O)CO. The fraction of sp³-hybridized carbons (Fsp3) is 0.583. The number of carbonyl (C=O) groups excluding carboxylic acids is 2. The molecule has 13 heteroatoms. The van der Waals surface area contributed by atoms with E-state index in [1.807, 2.05) is 61.6 Å². The summed E-state index contributed by atoms with van der Waals surface area (Å²) < 4.78 is 32.5. The summed E-state index contributed by atoms with van der Waals surface area (Å²) in [6.07, 6.45) is 45.6. The highest BCUT2D eigenvalue weighted by atomic mass is 31.2. The van der Waals surface area contributed by atoms with Gasteiger partial charge in [0.15, 0.2) is 6.10 Å². The number of allylic oxidation sites excluding steroid dienone is 14. The Kier molecular flexibility index (Phi) is 39.5. The minimum Gasteiger partial charge on any atom is -0.462 e. The summed E-state index contributed by atoms with van der Waals surface area (Å²) in [7, 11) is -4.69. The summed E-state index contributed by atoms with van der Waals surface area (Å²) in [6, 6.07) is 0. The van der Waals surface area contributed by atoms with E-state index in [0.717, 1.165) is 25.7 Å². The van der Waals surface area contributed by atoms with Crippen molar-refractivity contribution < 1.29 is 58.0 Å². The maximum absolute atomic E-state index is 12.6. The monoisotopic (exact) mass is 877 g/mol. The van der Waals surface area contributed by atoms with Crippen LogP contribution in [0.3, 0.4) is 0 Å². The van der Waals surface area contributed by atoms with Crippen LogP contribution in [0.2, 0.25) is 0 Å². The predicted molar refractivity (Wildman–Crippen MR) is 244 cm³/mol. The first-order chi connectivity index (χ1) is 29.5. The zero-order valence-corrected chi connectivity index (χ0v) is 37.7. The second-order valence-electron chi connectivity index (χ2n) is 14.4. The lowest BCUT2D eigenvalue weighted by Gasteiger charge is -2.20. The molecule has 5 atom stereocenters. The van der Waals surface area contributed by atoms with Gasteiger partial charge < -0.3 is 34.8 Å². The Hall–Kier alpha value is -3.45. The van der Waals surface area contributed by atoms with Gasteiger partial charge in [-0.05, 0) is 70.6 Å². The van der Waals surface area contributed by atoms with E-state index in [9.17, 15) is 34.4 Å². The number of rotatable bonds is 39. The van der Waals surface area contributed by atoms with Crippen molar-refractivity contribution in [3.8, 4) is 0 Å². The number of aliphatic hydroxyl groups excluding tert-OH is 4. The molecular formula is C48H77O12P. The summed E-state index contributed by atoms with van der Waals surface area (Å²) in [5.74, 6) is -1.18. The quantitative estimate of drug-likeness (QED) is 0.0129. The molecule has 0 aliphatic heterocycles. The van der Waals surface area contributed by atoms with E-state index in [1.165, 1.54) is 38.5 Å². The second-order valence-corrected chi connectivity index (χ2v) is 15.8. The van der Waals surface area contributed by atoms with Crippen molar-refractivity contribution in [2.24, 2.45) is 0 Å². The first kappa shape index (κ1) is 57.5. The van der Waals surface area contributed by atoms with Crippen molar-refractivity contribution >= 4 is 19.8 Å². The smallest absolute Gasteiger partial charge is 0.462 e. The molecule has 61 heavy (non-hydrogen) atoms. The van der Waals surface area contributed by atoms with Gasteiger partial charge in [-0.1, -0.05) is 155 Å². The van der Waals surface area contributed by atoms with E-state index in [4.69, 9.17) is 19.1 Å². The molecule has 0 spiro atoms. The van der Waals surface area contributed by atoms with Crippen LogP contribution in [0, 0.1) is 0 Å². The molecule has 1 unspecified atom stereocenters. The standard InChI is InChI=1S/C48H77O12P/c1-3-5-7-8-9-10-11-12-13-14-15-16-17-18-22-25-31-37-47(53)57-41-46(42-59-61(55,56)58-40-45(52)39-49)60-48(54)38-32-26-30-36-44(51)35-29-24-21-19-20-23-28-34-43(50)33-27-6-4-2/h6,12-13,15-16,18,20-24,27-30,34-36,43-46,49-52H,3-5,7-11,14,17,19,25-26,31-33,37-42H2,1-2H3,(H,55,56)/b13-12-,16-15-,22-18-,23-20-,24-21-,27-6-,34-28+,35-29+,36-30-/t43-,44-,45-,46+/m0/s1. The van der Waals surface area contributed by atoms with Crippen molar-refractivity contribution in [1.82, 2.24) is 0 Å². The van der Waals surface area contributed by atoms with Crippen molar-refractivity contribution in [2.75, 3.05) is 26.4 Å². The number of esters is 2. The number of unbranched alkanes of at least 4 members (excludes halogenated alkanes) is 8. The Morgan fingerprint density at radius 2 is 1.16 bits per heavy atom. The van der Waals surface area contributed by atoms with Crippen molar-refractivity contribution in [2.45, 2.75) is 154 Å². The Morgan fingerprint density at radius 3 is 1.84 bits per heavy atom. The summed E-state index contributed by atoms with van der Waals surface area (Å²) in [5, 5.41) is 38.3. The number of hydrogen-bond donors (Lipinski definition) is 5. The van der Waals surface area contributed by atoms with Gasteiger partial charge in [0.05, 0.1) is 32.0 Å². The summed E-state index contributed by atoms with van der Waals surface area (Å²) in [4.78, 5) is 35.0. The molecule has 0 aliphatic rings. The molecule has 346 valence electrons. The molecule has 0 aromatic rings. The van der Waals surface area contributed by atoms with Crippen molar-refractivity contribution in [3.63, 3.8) is 0 Å². The lowest BCUT2D eigenvalue weighted by atomic mass is 10.1. The third-order valence-corrected chi connectivity index (χ3v) is 9.54. The third-order valence-electron chi connectivity index (χ3n) is 8.59. The molecule has 0 fully saturated rings. The molecule has 12 nitrogen and oxygen atoms in total. The van der Waals surface area contributed by atoms with Crippen LogP contribution in [-0.2, 0) is 32.7 Å². The van der Waals surface area contributed by atoms with Crippen LogP contribution in [0.25, 0.3) is 0 Å². The normalized spacial score (nSPS) is 15.9. The predicted octanol–water partition coefficient (Wildman–Crippen LogP) is 9.72. The molecule has 0 saturated carbocycles. The molecule has 0 aromatic heterocycles. The average Bonchev–Trinajstić information content (AvgIpc) is 3.24. The Morgan fingerprint density at radius 1 is 0.590 bits per heavy atom. The first-order valence-electron chi connectivity index (χ1n) is 22.1. The minimum absolute atomic E-state index is 0.0194. The summed E-state index contributed by atoms with van der Waals surface area (Å²) in [5.41, 5.74) is 0. The molecule has 5 N–H and O–H groups in total. The van der Waals surface area contributed by atoms with Gasteiger partial charge in [0.25, 0.3) is 0 Å². The molecule has 0 saturated heterocycles. The highest BCUT2D eigenvalue weighted by Gasteiger charge is 2.27. The molecule has 0 amide bonds. The fourth-order valence-electron chi connectivity index (χ4n) is 5.16. The molecule has 0 heterocycles. The highest BCUT2D eigenvalue weighted by molar-refractivity contribution is 7.47. The van der Waals surface area contributed by atoms with E-state index in [2.05, 4.69) is 35.8 Å². The van der Waals surface area contributed by atoms with Gasteiger partial charge in [-0.2, -0.15) is 0 Å². The fourth-order valence-corrected chi connectivity index (χ4v) is 5.95. The second kappa shape index (κ2) is 41.9. The Bertz CT molecular complexity index is 1410. The van der Waals surface area contributed by atoms with E-state index < -0.39 is 70.6 Å². The van der Waals surface area contributed by atoms with E-state index >= 15 is 0 Å². The van der Waals surface area contributed by atoms with Crippen LogP contribution in [0.15, 0.2) is 109 Å². The number of carbonyl (C=O) groups is 2. The van der Waals surface area contributed by atoms with E-state index in [0.29, 0.717) is 38.5 Å². The minimum atomic E-state index is -4.69. The van der Waals surface area contributed by atoms with Gasteiger partial charge in [0.1, 0.15) is 12.7 Å². The van der Waals surface area contributed by atoms with Gasteiger partial charge >= 0.3 is 19.8 Å². The lowest BCUT2D eigenvalue weighted by Crippen LogP contribution is -2.29. The number of aliphatic hydroxyl groups is 4. The summed E-state index contributed by atoms with van der Waals surface area (Å²) in [6.45, 7) is 1.87. The van der Waals surface area contributed by atoms with E-state index in [1.54, 1.807) is 30.4 Å². The number of hydrogen-bond acceptors (Lipinski definition) is 11. The van der Waals surface area contributed by atoms with Gasteiger partial charge in [0.2, 0.25) is 0 Å². The molecule has 0 rings (SSSR count). The van der Waals surface area contributed by atoms with Crippen LogP contribution in [0.5, 0.6) is 0 Å². The molecule has 0 bridgehead atoms. The van der Waals surface area contributed by atoms with Crippen LogP contribution in [0.4, 0.5) is 0 Å². The zero-order valence-electron chi connectivity index (χ0n) is 36.8. The molecule has 0 aromatic carbocycles. The van der Waals surface area contributed by atoms with Crippen LogP contribution in [0.1, 0.15) is 129 Å². The van der Waals surface area contributed by atoms with E-state index in [-0.39, 0.29) is 12.8 Å². The number of phosphoric acid groups is 1. The average molecular weight is 877 g/mol. The summed E-state index contributed by atoms with van der Waals surface area (Å²) >= 11 is 0. The van der Waals surface area contributed by atoms with Crippen LogP contribution < -0.4 is 0 Å². The lowest BCUT2D eigenvalue weighted by molar-refractivity contribution is -0.161. The van der Waals surface area contributed by atoms with Gasteiger partial charge in [-0.15, -0.1) is 0 Å². The van der Waals surface area contributed by atoms with Crippen LogP contribution >= 0.6 is 7.82 Å². The molecular weight excluding hydrogens is 799 g/mol. The molecule has 0 aliphatic carbocycles. The Labute approximate surface area is 366 Å². The van der Waals surface area contributed by atoms with Gasteiger partial charge in [-0.25, -0.2) is 4.57 Å². The van der Waals surface area contributed by atoms with Crippen molar-refractivity contribution in [3.05, 3.63) is 109 Å². The maximum Gasteiger partial charge on any atom is 0.472 e. The molecule has 0 radical (unpaired) electrons. The van der Waals surface area contributed by atoms with Crippen molar-refractivity contribution in [1.29, 1.82) is 0 Å². The topological polar surface area (TPSA) is 189 Å². The van der Waals surface area contributed by atoms with Gasteiger partial charge in [-0.3, -0.25) is 18.6 Å². The maximum atomic E-state index is 12.6. The van der Waals surface area contributed by atoms with Crippen LogP contribution in [-0.4, -0.2) is 88.1 Å². The zero-order chi connectivity index (χ0) is 45.1. The first-order valence-corrected chi connectivity index (χ1v) is 23.6. The van der Waals surface area contributed by atoms with Gasteiger partial charge in [0, 0.05) is 12.8 Å².